The van der Waals surface area contributed by atoms with Crippen LogP contribution in [0.3, 0.4) is 0 Å². The second-order valence-electron chi connectivity index (χ2n) is 6.12. The van der Waals surface area contributed by atoms with Crippen molar-refractivity contribution in [3.8, 4) is 0 Å². The number of nitrogens with two attached hydrogens (primary N) is 1. The standard InChI is InChI=1S/C16H23BrN2O/c1-4-16(3)5-7-19(8-6-16)15(20)13-9-12(17)10-14(18)11(13)2/h9-10H,4-8,18H2,1-3H3. The van der Waals surface area contributed by atoms with Crippen molar-refractivity contribution in [2.24, 2.45) is 5.41 Å². The Balaban J connectivity index is 2.18. The molecule has 0 bridgehead atoms. The summed E-state index contributed by atoms with van der Waals surface area (Å²) in [6.07, 6.45) is 3.34. The summed E-state index contributed by atoms with van der Waals surface area (Å²) in [5, 5.41) is 0. The van der Waals surface area contributed by atoms with E-state index < -0.39 is 0 Å². The number of rotatable bonds is 2. The molecule has 2 rings (SSSR count). The van der Waals surface area contributed by atoms with E-state index in [9.17, 15) is 4.79 Å². The summed E-state index contributed by atoms with van der Waals surface area (Å²) in [6, 6.07) is 3.72. The maximum atomic E-state index is 12.7. The fourth-order valence-corrected chi connectivity index (χ4v) is 3.17. The molecular weight excluding hydrogens is 316 g/mol. The Bertz CT molecular complexity index is 519. The smallest absolute Gasteiger partial charge is 0.254 e. The third kappa shape index (κ3) is 3.00. The lowest BCUT2D eigenvalue weighted by Gasteiger charge is -2.39. The number of benzene rings is 1. The van der Waals surface area contributed by atoms with E-state index in [1.807, 2.05) is 24.0 Å². The minimum atomic E-state index is 0.105. The Morgan fingerprint density at radius 1 is 1.40 bits per heavy atom. The van der Waals surface area contributed by atoms with Crippen molar-refractivity contribution in [2.75, 3.05) is 18.8 Å². The lowest BCUT2D eigenvalue weighted by Crippen LogP contribution is -2.42. The van der Waals surface area contributed by atoms with E-state index in [-0.39, 0.29) is 5.91 Å². The van der Waals surface area contributed by atoms with E-state index in [2.05, 4.69) is 29.8 Å². The summed E-state index contributed by atoms with van der Waals surface area (Å²) < 4.78 is 0.861. The number of nitrogens with zero attached hydrogens (tertiary/aromatic N) is 1. The number of likely N-dealkylation sites (tertiary alicyclic amines) is 1. The largest absolute Gasteiger partial charge is 0.398 e. The van der Waals surface area contributed by atoms with E-state index in [1.54, 1.807) is 0 Å². The Kier molecular flexibility index (Phi) is 4.43. The number of hydrogen-bond donors (Lipinski definition) is 1. The fourth-order valence-electron chi connectivity index (χ4n) is 2.70. The Hall–Kier alpha value is -1.03. The van der Waals surface area contributed by atoms with Crippen LogP contribution in [0.1, 0.15) is 49.0 Å². The molecule has 1 fully saturated rings. The molecule has 0 aliphatic carbocycles. The molecule has 1 aliphatic heterocycles. The quantitative estimate of drug-likeness (QED) is 0.828. The summed E-state index contributed by atoms with van der Waals surface area (Å²) in [6.45, 7) is 8.15. The van der Waals surface area contributed by atoms with Crippen LogP contribution in [0.25, 0.3) is 0 Å². The first kappa shape index (κ1) is 15.4. The average Bonchev–Trinajstić information content (AvgIpc) is 2.43. The van der Waals surface area contributed by atoms with Crippen molar-refractivity contribution < 1.29 is 4.79 Å². The number of carbonyl (C=O) groups excluding carboxylic acids is 1. The lowest BCUT2D eigenvalue weighted by molar-refractivity contribution is 0.0599. The second kappa shape index (κ2) is 5.76. The maximum Gasteiger partial charge on any atom is 0.254 e. The number of halogens is 1. The van der Waals surface area contributed by atoms with Gasteiger partial charge in [0.05, 0.1) is 0 Å². The molecular formula is C16H23BrN2O. The molecule has 0 spiro atoms. The molecule has 1 heterocycles. The number of nitrogen functional groups attached to an aromatic ring is 1. The van der Waals surface area contributed by atoms with E-state index in [1.165, 1.54) is 6.42 Å². The minimum Gasteiger partial charge on any atom is -0.398 e. The molecule has 1 saturated heterocycles. The fraction of sp³-hybridized carbons (Fsp3) is 0.562. The van der Waals surface area contributed by atoms with Crippen LogP contribution in [0.15, 0.2) is 16.6 Å². The van der Waals surface area contributed by atoms with Gasteiger partial charge in [0, 0.05) is 28.8 Å². The SMILES string of the molecule is CCC1(C)CCN(C(=O)c2cc(Br)cc(N)c2C)CC1. The van der Waals surface area contributed by atoms with Gasteiger partial charge in [0.15, 0.2) is 0 Å². The average molecular weight is 339 g/mol. The van der Waals surface area contributed by atoms with E-state index >= 15 is 0 Å². The van der Waals surface area contributed by atoms with Crippen molar-refractivity contribution in [2.45, 2.75) is 40.0 Å². The number of carbonyl (C=O) groups is 1. The van der Waals surface area contributed by atoms with Gasteiger partial charge >= 0.3 is 0 Å². The third-order valence-corrected chi connectivity index (χ3v) is 5.21. The predicted molar refractivity (Wildman–Crippen MR) is 86.8 cm³/mol. The molecule has 0 radical (unpaired) electrons. The topological polar surface area (TPSA) is 46.3 Å². The van der Waals surface area contributed by atoms with Crippen molar-refractivity contribution >= 4 is 27.5 Å². The van der Waals surface area contributed by atoms with Crippen LogP contribution in [0.2, 0.25) is 0 Å². The van der Waals surface area contributed by atoms with Gasteiger partial charge in [-0.2, -0.15) is 0 Å². The molecule has 2 N–H and O–H groups in total. The normalized spacial score (nSPS) is 18.1. The highest BCUT2D eigenvalue weighted by Crippen LogP contribution is 2.35. The molecule has 4 heteroatoms. The highest BCUT2D eigenvalue weighted by Gasteiger charge is 2.31. The Labute approximate surface area is 129 Å². The minimum absolute atomic E-state index is 0.105. The van der Waals surface area contributed by atoms with Gasteiger partial charge in [0.2, 0.25) is 0 Å². The summed E-state index contributed by atoms with van der Waals surface area (Å²) in [7, 11) is 0. The van der Waals surface area contributed by atoms with Crippen molar-refractivity contribution in [3.05, 3.63) is 27.7 Å². The molecule has 0 aromatic heterocycles. The number of anilines is 1. The van der Waals surface area contributed by atoms with Gasteiger partial charge in [-0.15, -0.1) is 0 Å². The van der Waals surface area contributed by atoms with Crippen LogP contribution < -0.4 is 5.73 Å². The van der Waals surface area contributed by atoms with Crippen LogP contribution in [0.4, 0.5) is 5.69 Å². The summed E-state index contributed by atoms with van der Waals surface area (Å²) in [4.78, 5) is 14.6. The van der Waals surface area contributed by atoms with Crippen LogP contribution in [-0.2, 0) is 0 Å². The Morgan fingerprint density at radius 2 is 2.00 bits per heavy atom. The molecule has 20 heavy (non-hydrogen) atoms. The van der Waals surface area contributed by atoms with E-state index in [0.29, 0.717) is 11.1 Å². The van der Waals surface area contributed by atoms with Gasteiger partial charge in [0.1, 0.15) is 0 Å². The number of amides is 1. The zero-order valence-corrected chi connectivity index (χ0v) is 14.1. The monoisotopic (exact) mass is 338 g/mol. The summed E-state index contributed by atoms with van der Waals surface area (Å²) in [5.74, 6) is 0.105. The van der Waals surface area contributed by atoms with Gasteiger partial charge in [-0.25, -0.2) is 0 Å². The first-order chi connectivity index (χ1) is 9.36. The first-order valence-corrected chi connectivity index (χ1v) is 8.00. The maximum absolute atomic E-state index is 12.7. The summed E-state index contributed by atoms with van der Waals surface area (Å²) in [5.41, 5.74) is 8.60. The van der Waals surface area contributed by atoms with Crippen molar-refractivity contribution in [1.29, 1.82) is 0 Å². The third-order valence-electron chi connectivity index (χ3n) is 4.75. The zero-order valence-electron chi connectivity index (χ0n) is 12.5. The van der Waals surface area contributed by atoms with Crippen LogP contribution >= 0.6 is 15.9 Å². The lowest BCUT2D eigenvalue weighted by atomic mass is 9.78. The van der Waals surface area contributed by atoms with Gasteiger partial charge in [0.25, 0.3) is 5.91 Å². The number of piperidine rings is 1. The van der Waals surface area contributed by atoms with Crippen molar-refractivity contribution in [3.63, 3.8) is 0 Å². The second-order valence-corrected chi connectivity index (χ2v) is 7.04. The van der Waals surface area contributed by atoms with Gasteiger partial charge in [-0.1, -0.05) is 36.2 Å². The highest BCUT2D eigenvalue weighted by molar-refractivity contribution is 9.10. The Morgan fingerprint density at radius 3 is 2.55 bits per heavy atom. The van der Waals surface area contributed by atoms with Crippen molar-refractivity contribution in [1.82, 2.24) is 4.90 Å². The summed E-state index contributed by atoms with van der Waals surface area (Å²) >= 11 is 3.42. The molecule has 0 atom stereocenters. The molecule has 1 amide bonds. The molecule has 1 aromatic rings. The van der Waals surface area contributed by atoms with Crippen LogP contribution in [-0.4, -0.2) is 23.9 Å². The molecule has 110 valence electrons. The van der Waals surface area contributed by atoms with Gasteiger partial charge < -0.3 is 10.6 Å². The van der Waals surface area contributed by atoms with Crippen LogP contribution in [0.5, 0.6) is 0 Å². The predicted octanol–water partition coefficient (Wildman–Crippen LogP) is 3.99. The molecule has 3 nitrogen and oxygen atoms in total. The highest BCUT2D eigenvalue weighted by atomic mass is 79.9. The number of hydrogen-bond acceptors (Lipinski definition) is 2. The van der Waals surface area contributed by atoms with Gasteiger partial charge in [-0.3, -0.25) is 4.79 Å². The van der Waals surface area contributed by atoms with Gasteiger partial charge in [-0.05, 0) is 42.9 Å². The van der Waals surface area contributed by atoms with E-state index in [0.717, 1.165) is 41.5 Å². The zero-order chi connectivity index (χ0) is 14.9. The molecule has 0 unspecified atom stereocenters. The molecule has 0 saturated carbocycles. The van der Waals surface area contributed by atoms with E-state index in [4.69, 9.17) is 5.73 Å². The first-order valence-electron chi connectivity index (χ1n) is 7.21. The van der Waals surface area contributed by atoms with Crippen LogP contribution in [0, 0.1) is 12.3 Å². The molecule has 1 aliphatic rings. The molecule has 1 aromatic carbocycles.